The number of amides is 2. The molecule has 0 saturated heterocycles. The Labute approximate surface area is 138 Å². The molecule has 0 aliphatic heterocycles. The summed E-state index contributed by atoms with van der Waals surface area (Å²) in [5.74, 6) is -1.44. The first-order chi connectivity index (χ1) is 10.6. The number of carboxylic acids is 1. The third-order valence-electron chi connectivity index (χ3n) is 2.26. The fourth-order valence-electron chi connectivity index (χ4n) is 1.38. The van der Waals surface area contributed by atoms with Crippen LogP contribution in [0.15, 0.2) is 12.1 Å². The van der Waals surface area contributed by atoms with Crippen LogP contribution >= 0.6 is 23.2 Å². The number of carboxylic acid groups (broad SMARTS) is 1. The van der Waals surface area contributed by atoms with E-state index in [2.05, 4.69) is 15.4 Å². The highest BCUT2D eigenvalue weighted by Gasteiger charge is 2.29. The lowest BCUT2D eigenvalue weighted by Crippen LogP contribution is -2.30. The molecule has 1 rings (SSSR count). The molecule has 1 aromatic carbocycles. The topological polar surface area (TPSA) is 87.7 Å². The Bertz CT molecular complexity index is 573. The molecule has 1 aromatic rings. The zero-order valence-electron chi connectivity index (χ0n) is 11.3. The molecule has 0 aromatic heterocycles. The Morgan fingerprint density at radius 2 is 1.78 bits per heavy atom. The van der Waals surface area contributed by atoms with Gasteiger partial charge in [-0.15, -0.1) is 0 Å². The first-order valence-electron chi connectivity index (χ1n) is 6.03. The van der Waals surface area contributed by atoms with Crippen molar-refractivity contribution in [3.8, 4) is 5.75 Å². The van der Waals surface area contributed by atoms with Crippen LogP contribution in [0.5, 0.6) is 5.75 Å². The maximum absolute atomic E-state index is 12.1. The van der Waals surface area contributed by atoms with E-state index < -0.39 is 24.8 Å². The van der Waals surface area contributed by atoms with Crippen molar-refractivity contribution in [2.75, 3.05) is 18.5 Å². The van der Waals surface area contributed by atoms with Gasteiger partial charge in [-0.1, -0.05) is 23.2 Å². The summed E-state index contributed by atoms with van der Waals surface area (Å²) in [5.41, 5.74) is 0.104. The molecule has 0 saturated carbocycles. The lowest BCUT2D eigenvalue weighted by atomic mass is 10.3. The summed E-state index contributed by atoms with van der Waals surface area (Å²) in [6, 6.07) is 1.58. The highest BCUT2D eigenvalue weighted by atomic mass is 35.5. The number of urea groups is 1. The van der Waals surface area contributed by atoms with Gasteiger partial charge in [0, 0.05) is 12.2 Å². The monoisotopic (exact) mass is 374 g/mol. The molecule has 0 unspecified atom stereocenters. The minimum absolute atomic E-state index is 0.102. The molecule has 0 spiro atoms. The minimum atomic E-state index is -4.55. The number of aliphatic carboxylic acids is 1. The van der Waals surface area contributed by atoms with Crippen molar-refractivity contribution in [3.63, 3.8) is 0 Å². The smallest absolute Gasteiger partial charge is 0.422 e. The van der Waals surface area contributed by atoms with Crippen molar-refractivity contribution in [2.45, 2.75) is 12.6 Å². The Kier molecular flexibility index (Phi) is 6.77. The van der Waals surface area contributed by atoms with Gasteiger partial charge in [0.2, 0.25) is 0 Å². The molecule has 0 radical (unpaired) electrons. The van der Waals surface area contributed by atoms with E-state index >= 15 is 0 Å². The summed E-state index contributed by atoms with van der Waals surface area (Å²) in [6.07, 6.45) is -4.81. The number of halogens is 5. The van der Waals surface area contributed by atoms with Gasteiger partial charge >= 0.3 is 18.2 Å². The molecule has 23 heavy (non-hydrogen) atoms. The molecule has 0 heterocycles. The van der Waals surface area contributed by atoms with Crippen LogP contribution in [0.1, 0.15) is 6.42 Å². The van der Waals surface area contributed by atoms with Crippen LogP contribution in [-0.4, -0.2) is 36.4 Å². The summed E-state index contributed by atoms with van der Waals surface area (Å²) in [7, 11) is 0. The van der Waals surface area contributed by atoms with Crippen LogP contribution < -0.4 is 15.4 Å². The predicted molar refractivity (Wildman–Crippen MR) is 77.3 cm³/mol. The minimum Gasteiger partial charge on any atom is -0.481 e. The van der Waals surface area contributed by atoms with Crippen molar-refractivity contribution in [1.82, 2.24) is 5.32 Å². The maximum Gasteiger partial charge on any atom is 0.422 e. The number of hydrogen-bond donors (Lipinski definition) is 3. The van der Waals surface area contributed by atoms with Crippen LogP contribution in [0.25, 0.3) is 0 Å². The Hall–Kier alpha value is -1.87. The summed E-state index contributed by atoms with van der Waals surface area (Å²) < 4.78 is 40.8. The van der Waals surface area contributed by atoms with Crippen LogP contribution in [0.2, 0.25) is 10.0 Å². The fourth-order valence-corrected chi connectivity index (χ4v) is 1.98. The zero-order chi connectivity index (χ0) is 17.6. The SMILES string of the molecule is O=C(O)CCNC(=O)Nc1cc(Cl)c(OCC(F)(F)F)c(Cl)c1. The number of anilines is 1. The van der Waals surface area contributed by atoms with E-state index in [4.69, 9.17) is 28.3 Å². The van der Waals surface area contributed by atoms with Gasteiger partial charge < -0.3 is 20.5 Å². The average molecular weight is 375 g/mol. The second-order valence-corrected chi connectivity index (χ2v) is 5.01. The van der Waals surface area contributed by atoms with Gasteiger partial charge in [0.05, 0.1) is 16.5 Å². The van der Waals surface area contributed by atoms with E-state index in [1.165, 1.54) is 0 Å². The van der Waals surface area contributed by atoms with Crippen molar-refractivity contribution in [2.24, 2.45) is 0 Å². The summed E-state index contributed by atoms with van der Waals surface area (Å²) in [4.78, 5) is 21.8. The average Bonchev–Trinajstić information content (AvgIpc) is 2.35. The van der Waals surface area contributed by atoms with Crippen molar-refractivity contribution < 1.29 is 32.6 Å². The number of carbonyl (C=O) groups excluding carboxylic acids is 1. The lowest BCUT2D eigenvalue weighted by molar-refractivity contribution is -0.153. The van der Waals surface area contributed by atoms with Gasteiger partial charge in [0.15, 0.2) is 12.4 Å². The number of ether oxygens (including phenoxy) is 1. The standard InChI is InChI=1S/C12H11Cl2F3N2O4/c13-7-3-6(19-11(22)18-2-1-9(20)21)4-8(14)10(7)23-5-12(15,16)17/h3-4H,1-2,5H2,(H,20,21)(H2,18,19,22). The van der Waals surface area contributed by atoms with Crippen LogP contribution in [0, 0.1) is 0 Å². The van der Waals surface area contributed by atoms with Crippen molar-refractivity contribution in [1.29, 1.82) is 0 Å². The Balaban J connectivity index is 2.68. The number of hydrogen-bond acceptors (Lipinski definition) is 3. The molecular formula is C12H11Cl2F3N2O4. The zero-order valence-corrected chi connectivity index (χ0v) is 12.8. The molecule has 0 bridgehead atoms. The van der Waals surface area contributed by atoms with Crippen molar-refractivity contribution in [3.05, 3.63) is 22.2 Å². The van der Waals surface area contributed by atoms with Gasteiger partial charge in [-0.3, -0.25) is 4.79 Å². The fraction of sp³-hybridized carbons (Fsp3) is 0.333. The Morgan fingerprint density at radius 3 is 2.26 bits per heavy atom. The van der Waals surface area contributed by atoms with Crippen molar-refractivity contribution >= 4 is 40.9 Å². The lowest BCUT2D eigenvalue weighted by Gasteiger charge is -2.14. The third-order valence-corrected chi connectivity index (χ3v) is 2.82. The second-order valence-electron chi connectivity index (χ2n) is 4.20. The first-order valence-corrected chi connectivity index (χ1v) is 6.79. The van der Waals surface area contributed by atoms with Gasteiger partial charge in [-0.25, -0.2) is 4.79 Å². The van der Waals surface area contributed by atoms with Gasteiger partial charge in [0.1, 0.15) is 0 Å². The van der Waals surface area contributed by atoms with E-state index in [0.29, 0.717) is 0 Å². The molecule has 0 aliphatic rings. The summed E-state index contributed by atoms with van der Waals surface area (Å²) in [6.45, 7) is -1.66. The van der Waals surface area contributed by atoms with E-state index in [1.54, 1.807) is 0 Å². The Morgan fingerprint density at radius 1 is 1.22 bits per heavy atom. The molecule has 0 aliphatic carbocycles. The third kappa shape index (κ3) is 7.29. The van der Waals surface area contributed by atoms with E-state index in [-0.39, 0.29) is 34.4 Å². The van der Waals surface area contributed by atoms with E-state index in [0.717, 1.165) is 12.1 Å². The molecule has 3 N–H and O–H groups in total. The second kappa shape index (κ2) is 8.11. The number of nitrogens with one attached hydrogen (secondary N) is 2. The van der Waals surface area contributed by atoms with E-state index in [9.17, 15) is 22.8 Å². The largest absolute Gasteiger partial charge is 0.481 e. The predicted octanol–water partition coefficient (Wildman–Crippen LogP) is 3.53. The van der Waals surface area contributed by atoms with Crippen LogP contribution in [0.3, 0.4) is 0 Å². The molecule has 11 heteroatoms. The van der Waals surface area contributed by atoms with Crippen LogP contribution in [0.4, 0.5) is 23.7 Å². The van der Waals surface area contributed by atoms with Gasteiger partial charge in [-0.2, -0.15) is 13.2 Å². The molecular weight excluding hydrogens is 364 g/mol. The van der Waals surface area contributed by atoms with Gasteiger partial charge in [0.25, 0.3) is 0 Å². The first kappa shape index (κ1) is 19.2. The van der Waals surface area contributed by atoms with Gasteiger partial charge in [-0.05, 0) is 12.1 Å². The summed E-state index contributed by atoms with van der Waals surface area (Å²) in [5, 5.41) is 12.6. The number of rotatable bonds is 6. The molecule has 0 atom stereocenters. The highest BCUT2D eigenvalue weighted by molar-refractivity contribution is 6.37. The molecule has 6 nitrogen and oxygen atoms in total. The molecule has 2 amide bonds. The van der Waals surface area contributed by atoms with Crippen LogP contribution in [-0.2, 0) is 4.79 Å². The molecule has 0 fully saturated rings. The molecule has 128 valence electrons. The summed E-state index contributed by atoms with van der Waals surface area (Å²) >= 11 is 11.5. The number of benzene rings is 1. The normalized spacial score (nSPS) is 11.0. The highest BCUT2D eigenvalue weighted by Crippen LogP contribution is 2.36. The quantitative estimate of drug-likeness (QED) is 0.710. The van der Waals surface area contributed by atoms with E-state index in [1.807, 2.05) is 0 Å². The number of carbonyl (C=O) groups is 2. The maximum atomic E-state index is 12.1. The number of alkyl halides is 3.